The van der Waals surface area contributed by atoms with Gasteiger partial charge in [0.2, 0.25) is 0 Å². The summed E-state index contributed by atoms with van der Waals surface area (Å²) in [6.07, 6.45) is 12.0. The molecular weight excluding hydrogens is 318 g/mol. The highest BCUT2D eigenvalue weighted by molar-refractivity contribution is 5.81. The van der Waals surface area contributed by atoms with E-state index in [1.165, 1.54) is 25.7 Å². The van der Waals surface area contributed by atoms with Gasteiger partial charge in [-0.25, -0.2) is 9.59 Å². The summed E-state index contributed by atoms with van der Waals surface area (Å²) < 4.78 is 10.5. The maximum Gasteiger partial charge on any atom is 0.407 e. The monoisotopic (exact) mass is 357 g/mol. The fourth-order valence-electron chi connectivity index (χ4n) is 2.57. The van der Waals surface area contributed by atoms with Crippen LogP contribution in [0.25, 0.3) is 0 Å². The SMILES string of the molecule is CCCCCCCCOC(=O)[C@H](CCC)NC(=O)OCCCCCC. The molecule has 0 aliphatic carbocycles. The molecule has 0 aromatic carbocycles. The van der Waals surface area contributed by atoms with Gasteiger partial charge in [-0.3, -0.25) is 0 Å². The molecule has 0 heterocycles. The molecule has 0 aromatic rings. The predicted octanol–water partition coefficient (Wildman–Crippen LogP) is 5.37. The van der Waals surface area contributed by atoms with Gasteiger partial charge >= 0.3 is 12.1 Å². The number of esters is 1. The highest BCUT2D eigenvalue weighted by atomic mass is 16.6. The largest absolute Gasteiger partial charge is 0.464 e. The first kappa shape index (κ1) is 23.7. The lowest BCUT2D eigenvalue weighted by Crippen LogP contribution is -2.42. The predicted molar refractivity (Wildman–Crippen MR) is 102 cm³/mol. The van der Waals surface area contributed by atoms with Crippen molar-refractivity contribution < 1.29 is 19.1 Å². The average molecular weight is 358 g/mol. The van der Waals surface area contributed by atoms with Gasteiger partial charge < -0.3 is 14.8 Å². The van der Waals surface area contributed by atoms with E-state index in [9.17, 15) is 9.59 Å². The number of hydrogen-bond acceptors (Lipinski definition) is 4. The molecule has 25 heavy (non-hydrogen) atoms. The molecule has 0 spiro atoms. The van der Waals surface area contributed by atoms with E-state index < -0.39 is 12.1 Å². The Morgan fingerprint density at radius 1 is 0.720 bits per heavy atom. The van der Waals surface area contributed by atoms with E-state index in [2.05, 4.69) is 19.2 Å². The van der Waals surface area contributed by atoms with Crippen LogP contribution in [0.1, 0.15) is 97.8 Å². The van der Waals surface area contributed by atoms with Gasteiger partial charge in [0.1, 0.15) is 6.04 Å². The van der Waals surface area contributed by atoms with Crippen LogP contribution in [-0.4, -0.2) is 31.3 Å². The smallest absolute Gasteiger partial charge is 0.407 e. The highest BCUT2D eigenvalue weighted by Crippen LogP contribution is 2.06. The molecule has 0 aromatic heterocycles. The lowest BCUT2D eigenvalue weighted by molar-refractivity contribution is -0.146. The third-order valence-electron chi connectivity index (χ3n) is 4.13. The number of ether oxygens (including phenoxy) is 2. The van der Waals surface area contributed by atoms with Gasteiger partial charge in [-0.15, -0.1) is 0 Å². The summed E-state index contributed by atoms with van der Waals surface area (Å²) in [7, 11) is 0. The van der Waals surface area contributed by atoms with Crippen molar-refractivity contribution in [3.63, 3.8) is 0 Å². The van der Waals surface area contributed by atoms with Crippen molar-refractivity contribution in [2.45, 2.75) is 104 Å². The van der Waals surface area contributed by atoms with Crippen LogP contribution >= 0.6 is 0 Å². The molecule has 148 valence electrons. The minimum absolute atomic E-state index is 0.349. The van der Waals surface area contributed by atoms with E-state index in [4.69, 9.17) is 9.47 Å². The van der Waals surface area contributed by atoms with E-state index in [1.54, 1.807) is 0 Å². The minimum atomic E-state index is -0.603. The van der Waals surface area contributed by atoms with E-state index >= 15 is 0 Å². The molecule has 0 saturated carbocycles. The number of nitrogens with one attached hydrogen (secondary N) is 1. The van der Waals surface area contributed by atoms with Crippen LogP contribution in [-0.2, 0) is 14.3 Å². The second-order valence-electron chi connectivity index (χ2n) is 6.62. The summed E-state index contributed by atoms with van der Waals surface area (Å²) in [5.41, 5.74) is 0. The van der Waals surface area contributed by atoms with Crippen LogP contribution in [0.3, 0.4) is 0 Å². The van der Waals surface area contributed by atoms with Crippen molar-refractivity contribution in [1.29, 1.82) is 0 Å². The fourth-order valence-corrected chi connectivity index (χ4v) is 2.57. The molecule has 0 aliphatic heterocycles. The van der Waals surface area contributed by atoms with Crippen molar-refractivity contribution in [3.05, 3.63) is 0 Å². The van der Waals surface area contributed by atoms with Crippen LogP contribution < -0.4 is 5.32 Å². The van der Waals surface area contributed by atoms with Gasteiger partial charge in [-0.05, 0) is 19.3 Å². The summed E-state index contributed by atoms with van der Waals surface area (Å²) in [6.45, 7) is 7.14. The van der Waals surface area contributed by atoms with Gasteiger partial charge in [0, 0.05) is 0 Å². The number of carbonyl (C=O) groups is 2. The molecule has 1 N–H and O–H groups in total. The van der Waals surface area contributed by atoms with Gasteiger partial charge in [-0.1, -0.05) is 78.6 Å². The van der Waals surface area contributed by atoms with Gasteiger partial charge in [0.15, 0.2) is 0 Å². The molecule has 0 aliphatic rings. The molecule has 0 radical (unpaired) electrons. The summed E-state index contributed by atoms with van der Waals surface area (Å²) in [5, 5.41) is 2.64. The Morgan fingerprint density at radius 2 is 1.24 bits per heavy atom. The Labute approximate surface area is 154 Å². The molecular formula is C20H39NO4. The average Bonchev–Trinajstić information content (AvgIpc) is 2.60. The molecule has 0 saturated heterocycles. The first-order chi connectivity index (χ1) is 12.2. The van der Waals surface area contributed by atoms with E-state index in [0.717, 1.165) is 44.9 Å². The van der Waals surface area contributed by atoms with Crippen LogP contribution in [0.4, 0.5) is 4.79 Å². The van der Waals surface area contributed by atoms with E-state index in [1.807, 2.05) is 6.92 Å². The van der Waals surface area contributed by atoms with Crippen LogP contribution in [0, 0.1) is 0 Å². The third kappa shape index (κ3) is 14.8. The Hall–Kier alpha value is -1.26. The lowest BCUT2D eigenvalue weighted by Gasteiger charge is -2.17. The zero-order valence-corrected chi connectivity index (χ0v) is 16.6. The quantitative estimate of drug-likeness (QED) is 0.298. The van der Waals surface area contributed by atoms with Gasteiger partial charge in [0.05, 0.1) is 13.2 Å². The topological polar surface area (TPSA) is 64.6 Å². The zero-order valence-electron chi connectivity index (χ0n) is 16.6. The molecule has 5 nitrogen and oxygen atoms in total. The third-order valence-corrected chi connectivity index (χ3v) is 4.13. The first-order valence-electron chi connectivity index (χ1n) is 10.3. The number of unbranched alkanes of at least 4 members (excludes halogenated alkanes) is 8. The van der Waals surface area contributed by atoms with Gasteiger partial charge in [0.25, 0.3) is 0 Å². The second-order valence-corrected chi connectivity index (χ2v) is 6.62. The van der Waals surface area contributed by atoms with Crippen molar-refractivity contribution >= 4 is 12.1 Å². The summed E-state index contributed by atoms with van der Waals surface area (Å²) in [5.74, 6) is -0.349. The molecule has 0 bridgehead atoms. The molecule has 1 amide bonds. The Kier molecular flexibility index (Phi) is 16.7. The van der Waals surface area contributed by atoms with Crippen molar-refractivity contribution in [3.8, 4) is 0 Å². The number of hydrogen-bond donors (Lipinski definition) is 1. The normalized spacial score (nSPS) is 11.8. The van der Waals surface area contributed by atoms with Crippen molar-refractivity contribution in [2.75, 3.05) is 13.2 Å². The summed E-state index contributed by atoms with van der Waals surface area (Å²) >= 11 is 0. The number of amides is 1. The lowest BCUT2D eigenvalue weighted by atomic mass is 10.1. The molecule has 0 fully saturated rings. The maximum absolute atomic E-state index is 12.1. The Morgan fingerprint density at radius 3 is 1.84 bits per heavy atom. The Bertz CT molecular complexity index is 334. The van der Waals surface area contributed by atoms with Gasteiger partial charge in [-0.2, -0.15) is 0 Å². The van der Waals surface area contributed by atoms with Crippen molar-refractivity contribution in [1.82, 2.24) is 5.32 Å². The van der Waals surface area contributed by atoms with Crippen molar-refractivity contribution in [2.24, 2.45) is 0 Å². The van der Waals surface area contributed by atoms with E-state index in [0.29, 0.717) is 19.6 Å². The zero-order chi connectivity index (χ0) is 18.8. The minimum Gasteiger partial charge on any atom is -0.464 e. The Balaban J connectivity index is 3.92. The number of carbonyl (C=O) groups excluding carboxylic acids is 2. The fraction of sp³-hybridized carbons (Fsp3) is 0.900. The van der Waals surface area contributed by atoms with Crippen LogP contribution in [0.2, 0.25) is 0 Å². The number of alkyl carbamates (subject to hydrolysis) is 1. The molecule has 0 rings (SSSR count). The molecule has 5 heteroatoms. The number of rotatable bonds is 16. The van der Waals surface area contributed by atoms with Crippen LogP contribution in [0.15, 0.2) is 0 Å². The van der Waals surface area contributed by atoms with Crippen LogP contribution in [0.5, 0.6) is 0 Å². The summed E-state index contributed by atoms with van der Waals surface area (Å²) in [4.78, 5) is 23.9. The molecule has 1 atom stereocenters. The second kappa shape index (κ2) is 17.6. The maximum atomic E-state index is 12.1. The summed E-state index contributed by atoms with van der Waals surface area (Å²) in [6, 6.07) is -0.603. The first-order valence-corrected chi connectivity index (χ1v) is 10.3. The standard InChI is InChI=1S/C20H39NO4/c1-4-7-9-11-12-14-16-24-19(22)18(15-6-3)21-20(23)25-17-13-10-8-5-2/h18H,4-17H2,1-3H3,(H,21,23)/t18-/m0/s1. The van der Waals surface area contributed by atoms with E-state index in [-0.39, 0.29) is 5.97 Å². The molecule has 0 unspecified atom stereocenters. The highest BCUT2D eigenvalue weighted by Gasteiger charge is 2.21.